The third-order valence-corrected chi connectivity index (χ3v) is 3.13. The van der Waals surface area contributed by atoms with Crippen LogP contribution in [-0.2, 0) is 0 Å². The second-order valence-electron chi connectivity index (χ2n) is 3.47. The van der Waals surface area contributed by atoms with Gasteiger partial charge in [0, 0.05) is 16.5 Å². The Kier molecular flexibility index (Phi) is 3.18. The highest BCUT2D eigenvalue weighted by Gasteiger charge is 2.58. The van der Waals surface area contributed by atoms with Gasteiger partial charge in [-0.05, 0) is 36.0 Å². The molecule has 2 rings (SSSR count). The molecule has 0 saturated carbocycles. The summed E-state index contributed by atoms with van der Waals surface area (Å²) in [5, 5.41) is -4.29. The van der Waals surface area contributed by atoms with E-state index in [1.54, 1.807) is 12.1 Å². The lowest BCUT2D eigenvalue weighted by Crippen LogP contribution is -2.32. The summed E-state index contributed by atoms with van der Waals surface area (Å²) in [5.74, 6) is 0. The maximum atomic E-state index is 12.8. The highest BCUT2D eigenvalue weighted by Crippen LogP contribution is 2.47. The molecule has 0 aliphatic carbocycles. The summed E-state index contributed by atoms with van der Waals surface area (Å²) < 4.78 is 61.8. The molecule has 0 saturated heterocycles. The topological polar surface area (TPSA) is 12.9 Å². The zero-order chi connectivity index (χ0) is 13.4. The molecular weight excluding hydrogens is 273 g/mol. The van der Waals surface area contributed by atoms with Crippen molar-refractivity contribution < 1.29 is 22.0 Å². The van der Waals surface area contributed by atoms with Gasteiger partial charge in [0.05, 0.1) is 5.52 Å². The first-order valence-electron chi connectivity index (χ1n) is 4.78. The van der Waals surface area contributed by atoms with Gasteiger partial charge in [-0.15, -0.1) is 0 Å². The number of hydrogen-bond donors (Lipinski definition) is 0. The Balaban J connectivity index is 2.33. The summed E-state index contributed by atoms with van der Waals surface area (Å²) in [7, 11) is 0. The summed E-state index contributed by atoms with van der Waals surface area (Å²) in [5.41, 5.74) is 0.539. The number of pyridine rings is 1. The van der Waals surface area contributed by atoms with Crippen molar-refractivity contribution in [2.24, 2.45) is 0 Å². The van der Waals surface area contributed by atoms with Crippen molar-refractivity contribution in [2.45, 2.75) is 16.3 Å². The maximum Gasteiger partial charge on any atom is 0.464 e. The number of halogens is 5. The highest BCUT2D eigenvalue weighted by molar-refractivity contribution is 8.00. The van der Waals surface area contributed by atoms with Crippen molar-refractivity contribution in [3.63, 3.8) is 0 Å². The predicted molar refractivity (Wildman–Crippen MR) is 58.6 cm³/mol. The summed E-state index contributed by atoms with van der Waals surface area (Å²) in [4.78, 5) is 3.79. The lowest BCUT2D eigenvalue weighted by molar-refractivity contribution is -0.237. The number of thioether (sulfide) groups is 1. The molecule has 18 heavy (non-hydrogen) atoms. The molecule has 7 heteroatoms. The highest BCUT2D eigenvalue weighted by atomic mass is 32.2. The average molecular weight is 279 g/mol. The standard InChI is InChI=1S/C11H6F5NS/c12-10(13,14)11(15,16)18-8-3-4-9-7(6-8)2-1-5-17-9/h1-6H. The van der Waals surface area contributed by atoms with Crippen LogP contribution in [0.3, 0.4) is 0 Å². The van der Waals surface area contributed by atoms with Crippen molar-refractivity contribution in [1.82, 2.24) is 4.98 Å². The maximum absolute atomic E-state index is 12.8. The van der Waals surface area contributed by atoms with E-state index in [2.05, 4.69) is 4.98 Å². The Morgan fingerprint density at radius 1 is 1.00 bits per heavy atom. The Morgan fingerprint density at radius 2 is 1.72 bits per heavy atom. The molecule has 2 aromatic rings. The van der Waals surface area contributed by atoms with Gasteiger partial charge in [0.1, 0.15) is 0 Å². The van der Waals surface area contributed by atoms with Gasteiger partial charge in [-0.3, -0.25) is 4.98 Å². The van der Waals surface area contributed by atoms with Gasteiger partial charge in [0.2, 0.25) is 0 Å². The lowest BCUT2D eigenvalue weighted by Gasteiger charge is -2.18. The van der Waals surface area contributed by atoms with Crippen molar-refractivity contribution >= 4 is 22.7 Å². The number of benzene rings is 1. The van der Waals surface area contributed by atoms with Crippen LogP contribution < -0.4 is 0 Å². The van der Waals surface area contributed by atoms with Gasteiger partial charge in [-0.1, -0.05) is 6.07 Å². The first kappa shape index (κ1) is 13.1. The number of aromatic nitrogens is 1. The van der Waals surface area contributed by atoms with Gasteiger partial charge >= 0.3 is 11.4 Å². The molecular formula is C11H6F5NS. The molecule has 0 unspecified atom stereocenters. The molecule has 0 aliphatic rings. The van der Waals surface area contributed by atoms with Gasteiger partial charge in [-0.2, -0.15) is 22.0 Å². The third kappa shape index (κ3) is 2.55. The summed E-state index contributed by atoms with van der Waals surface area (Å²) in [6.07, 6.45) is -4.05. The molecule has 0 atom stereocenters. The largest absolute Gasteiger partial charge is 0.464 e. The van der Waals surface area contributed by atoms with Crippen molar-refractivity contribution in [2.75, 3.05) is 0 Å². The van der Waals surface area contributed by atoms with E-state index in [0.717, 1.165) is 0 Å². The number of alkyl halides is 5. The summed E-state index contributed by atoms with van der Waals surface area (Å²) in [6, 6.07) is 7.03. The van der Waals surface area contributed by atoms with Crippen LogP contribution in [0.15, 0.2) is 41.4 Å². The zero-order valence-corrected chi connectivity index (χ0v) is 9.53. The first-order valence-corrected chi connectivity index (χ1v) is 5.59. The summed E-state index contributed by atoms with van der Waals surface area (Å²) in [6.45, 7) is 0. The van der Waals surface area contributed by atoms with Gasteiger partial charge in [0.25, 0.3) is 0 Å². The minimum Gasteiger partial charge on any atom is -0.256 e. The van der Waals surface area contributed by atoms with Gasteiger partial charge in [0.15, 0.2) is 0 Å². The van der Waals surface area contributed by atoms with Crippen LogP contribution in [0.4, 0.5) is 22.0 Å². The Morgan fingerprint density at radius 3 is 2.39 bits per heavy atom. The molecule has 0 aliphatic heterocycles. The molecule has 1 aromatic carbocycles. The van der Waals surface area contributed by atoms with Crippen LogP contribution in [0.2, 0.25) is 0 Å². The van der Waals surface area contributed by atoms with E-state index in [9.17, 15) is 22.0 Å². The molecule has 0 amide bonds. The molecule has 0 bridgehead atoms. The zero-order valence-electron chi connectivity index (χ0n) is 8.71. The van der Waals surface area contributed by atoms with E-state index in [1.807, 2.05) is 0 Å². The number of rotatable bonds is 2. The minimum atomic E-state index is -5.57. The predicted octanol–water partition coefficient (Wildman–Crippen LogP) is 4.48. The lowest BCUT2D eigenvalue weighted by atomic mass is 10.2. The fourth-order valence-corrected chi connectivity index (χ4v) is 2.06. The van der Waals surface area contributed by atoms with Crippen LogP contribution in [0.5, 0.6) is 0 Å². The van der Waals surface area contributed by atoms with Crippen LogP contribution in [0, 0.1) is 0 Å². The molecule has 1 nitrogen and oxygen atoms in total. The Hall–Kier alpha value is -1.37. The fourth-order valence-electron chi connectivity index (χ4n) is 1.32. The van der Waals surface area contributed by atoms with Crippen molar-refractivity contribution in [1.29, 1.82) is 0 Å². The van der Waals surface area contributed by atoms with E-state index < -0.39 is 23.2 Å². The minimum absolute atomic E-state index is 0.155. The molecule has 0 radical (unpaired) electrons. The average Bonchev–Trinajstić information content (AvgIpc) is 2.27. The number of hydrogen-bond acceptors (Lipinski definition) is 2. The molecule has 0 fully saturated rings. The van der Waals surface area contributed by atoms with Gasteiger partial charge in [-0.25, -0.2) is 0 Å². The second kappa shape index (κ2) is 4.38. The fraction of sp³-hybridized carbons (Fsp3) is 0.182. The Labute approximate surface area is 103 Å². The van der Waals surface area contributed by atoms with Crippen molar-refractivity contribution in [3.8, 4) is 0 Å². The second-order valence-corrected chi connectivity index (χ2v) is 4.66. The third-order valence-electron chi connectivity index (χ3n) is 2.15. The number of nitrogens with zero attached hydrogens (tertiary/aromatic N) is 1. The molecule has 96 valence electrons. The summed E-state index contributed by atoms with van der Waals surface area (Å²) >= 11 is -0.518. The van der Waals surface area contributed by atoms with Crippen LogP contribution in [0.1, 0.15) is 0 Å². The van der Waals surface area contributed by atoms with Crippen LogP contribution >= 0.6 is 11.8 Å². The molecule has 1 heterocycles. The SMILES string of the molecule is FC(F)(F)C(F)(F)Sc1ccc2ncccc2c1. The van der Waals surface area contributed by atoms with Crippen LogP contribution in [0.25, 0.3) is 10.9 Å². The molecule has 0 spiro atoms. The monoisotopic (exact) mass is 279 g/mol. The smallest absolute Gasteiger partial charge is 0.256 e. The Bertz CT molecular complexity index is 567. The van der Waals surface area contributed by atoms with E-state index >= 15 is 0 Å². The van der Waals surface area contributed by atoms with E-state index in [1.165, 1.54) is 24.4 Å². The van der Waals surface area contributed by atoms with Crippen molar-refractivity contribution in [3.05, 3.63) is 36.5 Å². The van der Waals surface area contributed by atoms with Crippen LogP contribution in [-0.4, -0.2) is 16.4 Å². The van der Waals surface area contributed by atoms with E-state index in [4.69, 9.17) is 0 Å². The quantitative estimate of drug-likeness (QED) is 0.593. The van der Waals surface area contributed by atoms with Gasteiger partial charge < -0.3 is 0 Å². The van der Waals surface area contributed by atoms with E-state index in [0.29, 0.717) is 10.9 Å². The van der Waals surface area contributed by atoms with E-state index in [-0.39, 0.29) is 4.90 Å². The normalized spacial score (nSPS) is 12.9. The molecule has 0 N–H and O–H groups in total. The molecule has 1 aromatic heterocycles. The first-order chi connectivity index (χ1) is 8.29. The number of fused-ring (bicyclic) bond motifs is 1.